The third-order valence-electron chi connectivity index (χ3n) is 4.57. The van der Waals surface area contributed by atoms with Crippen LogP contribution >= 0.6 is 23.2 Å². The molecule has 1 aliphatic heterocycles. The van der Waals surface area contributed by atoms with E-state index >= 15 is 0 Å². The highest BCUT2D eigenvalue weighted by atomic mass is 35.5. The Hall–Kier alpha value is -1.79. The number of halogens is 2. The van der Waals surface area contributed by atoms with E-state index < -0.39 is 6.10 Å². The van der Waals surface area contributed by atoms with Crippen molar-refractivity contribution in [2.24, 2.45) is 0 Å². The molecule has 1 saturated heterocycles. The number of carbonyl (C=O) groups is 1. The van der Waals surface area contributed by atoms with Gasteiger partial charge in [0, 0.05) is 31.2 Å². The molecule has 3 rings (SSSR count). The first kappa shape index (κ1) is 20.9. The van der Waals surface area contributed by atoms with Gasteiger partial charge in [-0.25, -0.2) is 0 Å². The minimum Gasteiger partial charge on any atom is -0.479 e. The number of hydrogen-bond acceptors (Lipinski definition) is 4. The topological polar surface area (TPSA) is 50.8 Å². The number of carbonyl (C=O) groups excluding carboxylic acids is 1. The van der Waals surface area contributed by atoms with Gasteiger partial charge in [0.25, 0.3) is 5.91 Å². The lowest BCUT2D eigenvalue weighted by atomic mass is 10.1. The quantitative estimate of drug-likeness (QED) is 0.734. The highest BCUT2D eigenvalue weighted by Crippen LogP contribution is 2.28. The molecule has 0 saturated carbocycles. The summed E-state index contributed by atoms with van der Waals surface area (Å²) in [6, 6.07) is 13.2. The summed E-state index contributed by atoms with van der Waals surface area (Å²) in [4.78, 5) is 14.7. The Kier molecular flexibility index (Phi) is 7.57. The zero-order valence-electron chi connectivity index (χ0n) is 15.8. The Morgan fingerprint density at radius 1 is 1.14 bits per heavy atom. The van der Waals surface area contributed by atoms with Gasteiger partial charge in [0.2, 0.25) is 0 Å². The molecular formula is C21H24Cl2N2O3. The molecule has 5 nitrogen and oxygen atoms in total. The van der Waals surface area contributed by atoms with Gasteiger partial charge in [-0.05, 0) is 36.2 Å². The summed E-state index contributed by atoms with van der Waals surface area (Å²) in [5.74, 6) is 0.226. The molecule has 1 atom stereocenters. The zero-order valence-corrected chi connectivity index (χ0v) is 17.3. The predicted molar refractivity (Wildman–Crippen MR) is 111 cm³/mol. The van der Waals surface area contributed by atoms with E-state index in [0.29, 0.717) is 22.3 Å². The van der Waals surface area contributed by atoms with E-state index in [1.807, 2.05) is 12.1 Å². The maximum Gasteiger partial charge on any atom is 0.261 e. The second-order valence-corrected chi connectivity index (χ2v) is 7.60. The lowest BCUT2D eigenvalue weighted by Gasteiger charge is -2.26. The number of amides is 1. The van der Waals surface area contributed by atoms with Crippen LogP contribution in [0.15, 0.2) is 42.5 Å². The third-order valence-corrected chi connectivity index (χ3v) is 5.10. The first-order valence-corrected chi connectivity index (χ1v) is 10.0. The van der Waals surface area contributed by atoms with Crippen molar-refractivity contribution in [3.8, 4) is 5.75 Å². The average Bonchev–Trinajstić information content (AvgIpc) is 2.70. The first-order valence-electron chi connectivity index (χ1n) is 9.28. The molecule has 0 aliphatic carbocycles. The molecule has 1 fully saturated rings. The maximum atomic E-state index is 12.3. The van der Waals surface area contributed by atoms with Gasteiger partial charge in [-0.3, -0.25) is 9.69 Å². The van der Waals surface area contributed by atoms with E-state index in [0.717, 1.165) is 38.4 Å². The van der Waals surface area contributed by atoms with E-state index in [1.54, 1.807) is 25.1 Å². The number of nitrogens with zero attached hydrogens (tertiary/aromatic N) is 1. The zero-order chi connectivity index (χ0) is 19.9. The fourth-order valence-electron chi connectivity index (χ4n) is 2.93. The summed E-state index contributed by atoms with van der Waals surface area (Å²) in [7, 11) is 0. The number of rotatable bonds is 7. The number of nitrogens with one attached hydrogen (secondary N) is 1. The highest BCUT2D eigenvalue weighted by Gasteiger charge is 2.16. The Morgan fingerprint density at radius 2 is 1.82 bits per heavy atom. The lowest BCUT2D eigenvalue weighted by molar-refractivity contribution is -0.127. The van der Waals surface area contributed by atoms with Crippen molar-refractivity contribution >= 4 is 29.1 Å². The largest absolute Gasteiger partial charge is 0.479 e. The summed E-state index contributed by atoms with van der Waals surface area (Å²) < 4.78 is 11.0. The molecule has 0 bridgehead atoms. The summed E-state index contributed by atoms with van der Waals surface area (Å²) in [6.07, 6.45) is -0.667. The van der Waals surface area contributed by atoms with Crippen LogP contribution in [-0.4, -0.2) is 43.2 Å². The molecule has 1 amide bonds. The van der Waals surface area contributed by atoms with Crippen LogP contribution in [0.25, 0.3) is 0 Å². The van der Waals surface area contributed by atoms with Crippen LogP contribution in [0, 0.1) is 0 Å². The first-order chi connectivity index (χ1) is 13.5. The van der Waals surface area contributed by atoms with E-state index in [-0.39, 0.29) is 5.91 Å². The maximum absolute atomic E-state index is 12.3. The van der Waals surface area contributed by atoms with Gasteiger partial charge < -0.3 is 14.8 Å². The Morgan fingerprint density at radius 3 is 2.50 bits per heavy atom. The molecule has 1 N–H and O–H groups in total. The summed E-state index contributed by atoms with van der Waals surface area (Å²) in [6.45, 7) is 6.57. The summed E-state index contributed by atoms with van der Waals surface area (Å²) in [5.41, 5.74) is 2.29. The second kappa shape index (κ2) is 10.1. The number of ether oxygens (including phenoxy) is 2. The molecule has 0 spiro atoms. The van der Waals surface area contributed by atoms with Crippen LogP contribution in [0.2, 0.25) is 10.0 Å². The smallest absolute Gasteiger partial charge is 0.261 e. The van der Waals surface area contributed by atoms with Gasteiger partial charge in [0.15, 0.2) is 6.10 Å². The molecule has 2 aromatic rings. The van der Waals surface area contributed by atoms with Gasteiger partial charge in [-0.15, -0.1) is 0 Å². The Bertz CT molecular complexity index is 793. The van der Waals surface area contributed by atoms with Crippen molar-refractivity contribution in [3.05, 3.63) is 63.6 Å². The molecule has 7 heteroatoms. The van der Waals surface area contributed by atoms with Gasteiger partial charge in [0.1, 0.15) is 5.75 Å². The average molecular weight is 423 g/mol. The standard InChI is InChI=1S/C21H24Cl2N2O3/c1-15(28-20-7-6-18(22)12-19(20)23)21(26)24-13-16-2-4-17(5-3-16)14-25-8-10-27-11-9-25/h2-7,12,15H,8-11,13-14H2,1H3,(H,24,26)/t15-/m0/s1. The van der Waals surface area contributed by atoms with Crippen LogP contribution in [0.4, 0.5) is 0 Å². The summed E-state index contributed by atoms with van der Waals surface area (Å²) >= 11 is 12.0. The third kappa shape index (κ3) is 6.11. The molecule has 1 heterocycles. The molecule has 28 heavy (non-hydrogen) atoms. The number of hydrogen-bond donors (Lipinski definition) is 1. The number of morpholine rings is 1. The van der Waals surface area contributed by atoms with Gasteiger partial charge in [-0.1, -0.05) is 47.5 Å². The Labute approximate surface area is 175 Å². The van der Waals surface area contributed by atoms with E-state index in [1.165, 1.54) is 5.56 Å². The van der Waals surface area contributed by atoms with Crippen LogP contribution in [0.3, 0.4) is 0 Å². The monoisotopic (exact) mass is 422 g/mol. The van der Waals surface area contributed by atoms with Crippen LogP contribution in [-0.2, 0) is 22.6 Å². The van der Waals surface area contributed by atoms with Gasteiger partial charge in [0.05, 0.1) is 18.2 Å². The molecule has 0 aromatic heterocycles. The minimum atomic E-state index is -0.667. The SMILES string of the molecule is C[C@H](Oc1ccc(Cl)cc1Cl)C(=O)NCc1ccc(CN2CCOCC2)cc1. The second-order valence-electron chi connectivity index (χ2n) is 6.76. The van der Waals surface area contributed by atoms with Crippen LogP contribution in [0.5, 0.6) is 5.75 Å². The predicted octanol–water partition coefficient (Wildman–Crippen LogP) is 3.91. The molecule has 0 radical (unpaired) electrons. The molecule has 2 aromatic carbocycles. The Balaban J connectivity index is 1.46. The van der Waals surface area contributed by atoms with Crippen molar-refractivity contribution in [2.45, 2.75) is 26.1 Å². The van der Waals surface area contributed by atoms with E-state index in [9.17, 15) is 4.79 Å². The van der Waals surface area contributed by atoms with Crippen molar-refractivity contribution in [2.75, 3.05) is 26.3 Å². The van der Waals surface area contributed by atoms with Crippen molar-refractivity contribution < 1.29 is 14.3 Å². The number of benzene rings is 2. The van der Waals surface area contributed by atoms with E-state index in [2.05, 4.69) is 22.3 Å². The molecule has 1 aliphatic rings. The normalized spacial score (nSPS) is 15.8. The van der Waals surface area contributed by atoms with Crippen LogP contribution in [0.1, 0.15) is 18.1 Å². The molecule has 150 valence electrons. The fraction of sp³-hybridized carbons (Fsp3) is 0.381. The van der Waals surface area contributed by atoms with Crippen molar-refractivity contribution in [1.82, 2.24) is 10.2 Å². The van der Waals surface area contributed by atoms with E-state index in [4.69, 9.17) is 32.7 Å². The summed E-state index contributed by atoms with van der Waals surface area (Å²) in [5, 5.41) is 3.79. The fourth-order valence-corrected chi connectivity index (χ4v) is 3.38. The van der Waals surface area contributed by atoms with Gasteiger partial charge in [-0.2, -0.15) is 0 Å². The minimum absolute atomic E-state index is 0.205. The van der Waals surface area contributed by atoms with Gasteiger partial charge >= 0.3 is 0 Å². The lowest BCUT2D eigenvalue weighted by Crippen LogP contribution is -2.36. The van der Waals surface area contributed by atoms with Crippen molar-refractivity contribution in [1.29, 1.82) is 0 Å². The molecule has 0 unspecified atom stereocenters. The van der Waals surface area contributed by atoms with Crippen LogP contribution < -0.4 is 10.1 Å². The van der Waals surface area contributed by atoms with Crippen molar-refractivity contribution in [3.63, 3.8) is 0 Å². The highest BCUT2D eigenvalue weighted by molar-refractivity contribution is 6.35. The molecular weight excluding hydrogens is 399 g/mol.